The highest BCUT2D eigenvalue weighted by molar-refractivity contribution is 5.93. The Hall–Kier alpha value is -1.56. The molecule has 0 unspecified atom stereocenters. The molecule has 1 amide bonds. The molecule has 6 heteroatoms. The van der Waals surface area contributed by atoms with E-state index in [4.69, 9.17) is 10.5 Å². The Bertz CT molecular complexity index is 396. The van der Waals surface area contributed by atoms with Crippen molar-refractivity contribution in [2.24, 2.45) is 0 Å². The van der Waals surface area contributed by atoms with Crippen LogP contribution in [0.5, 0.6) is 0 Å². The van der Waals surface area contributed by atoms with Crippen molar-refractivity contribution in [1.29, 1.82) is 0 Å². The van der Waals surface area contributed by atoms with Crippen LogP contribution in [0.25, 0.3) is 0 Å². The van der Waals surface area contributed by atoms with E-state index in [0.717, 1.165) is 19.4 Å². The predicted molar refractivity (Wildman–Crippen MR) is 63.6 cm³/mol. The molecular weight excluding hydrogens is 220 g/mol. The summed E-state index contributed by atoms with van der Waals surface area (Å²) in [5.41, 5.74) is 6.08. The lowest BCUT2D eigenvalue weighted by atomic mass is 10.2. The second-order valence-electron chi connectivity index (χ2n) is 4.12. The lowest BCUT2D eigenvalue weighted by molar-refractivity contribution is 0.0849. The van der Waals surface area contributed by atoms with Crippen molar-refractivity contribution in [3.63, 3.8) is 0 Å². The maximum atomic E-state index is 11.9. The highest BCUT2D eigenvalue weighted by Crippen LogP contribution is 2.11. The summed E-state index contributed by atoms with van der Waals surface area (Å²) in [7, 11) is 0. The number of rotatable bonds is 4. The monoisotopic (exact) mass is 238 g/mol. The van der Waals surface area contributed by atoms with Crippen LogP contribution < -0.4 is 11.1 Å². The summed E-state index contributed by atoms with van der Waals surface area (Å²) in [5.74, 6) is 0.223. The van der Waals surface area contributed by atoms with Crippen LogP contribution >= 0.6 is 0 Å². The average Bonchev–Trinajstić information content (AvgIpc) is 2.94. The molecule has 0 saturated carbocycles. The third-order valence-corrected chi connectivity index (χ3v) is 2.85. The molecule has 1 fully saturated rings. The van der Waals surface area contributed by atoms with Crippen LogP contribution in [0.1, 0.15) is 30.3 Å². The van der Waals surface area contributed by atoms with Crippen LogP contribution in [0.2, 0.25) is 0 Å². The first-order valence-electron chi connectivity index (χ1n) is 5.94. The first-order chi connectivity index (χ1) is 8.20. The van der Waals surface area contributed by atoms with Gasteiger partial charge in [0.25, 0.3) is 5.91 Å². The Kier molecular flexibility index (Phi) is 3.63. The molecule has 1 aromatic heterocycles. The van der Waals surface area contributed by atoms with E-state index in [0.29, 0.717) is 24.6 Å². The van der Waals surface area contributed by atoms with Gasteiger partial charge in [-0.25, -0.2) is 0 Å². The van der Waals surface area contributed by atoms with Crippen molar-refractivity contribution < 1.29 is 9.53 Å². The molecule has 0 aromatic carbocycles. The highest BCUT2D eigenvalue weighted by Gasteiger charge is 2.18. The van der Waals surface area contributed by atoms with E-state index < -0.39 is 0 Å². The summed E-state index contributed by atoms with van der Waals surface area (Å²) in [5, 5.41) is 6.88. The van der Waals surface area contributed by atoms with Gasteiger partial charge in [0.15, 0.2) is 0 Å². The first kappa shape index (κ1) is 11.9. The van der Waals surface area contributed by atoms with Gasteiger partial charge in [-0.3, -0.25) is 9.48 Å². The van der Waals surface area contributed by atoms with Crippen molar-refractivity contribution in [2.45, 2.75) is 32.4 Å². The molecule has 17 heavy (non-hydrogen) atoms. The third kappa shape index (κ3) is 2.76. The number of nitrogens with zero attached hydrogens (tertiary/aromatic N) is 2. The molecule has 1 aromatic rings. The second-order valence-corrected chi connectivity index (χ2v) is 4.12. The van der Waals surface area contributed by atoms with Gasteiger partial charge in [0, 0.05) is 25.8 Å². The molecule has 1 saturated heterocycles. The molecule has 6 nitrogen and oxygen atoms in total. The zero-order valence-electron chi connectivity index (χ0n) is 9.98. The van der Waals surface area contributed by atoms with Crippen LogP contribution in [0, 0.1) is 0 Å². The quantitative estimate of drug-likeness (QED) is 0.795. The van der Waals surface area contributed by atoms with Gasteiger partial charge >= 0.3 is 0 Å². The number of carbonyl (C=O) groups is 1. The number of carbonyl (C=O) groups excluding carboxylic acids is 1. The number of hydrogen-bond donors (Lipinski definition) is 2. The predicted octanol–water partition coefficient (Wildman–Crippen LogP) is 0.394. The number of ether oxygens (including phenoxy) is 1. The smallest absolute Gasteiger partial charge is 0.269 e. The number of nitrogen functional groups attached to an aromatic ring is 1. The molecular formula is C11H18N4O2. The number of aromatic nitrogens is 2. The number of nitrogens with two attached hydrogens (primary N) is 1. The Balaban J connectivity index is 1.93. The van der Waals surface area contributed by atoms with Crippen LogP contribution in [-0.4, -0.2) is 34.9 Å². The fourth-order valence-electron chi connectivity index (χ4n) is 1.96. The van der Waals surface area contributed by atoms with E-state index in [1.165, 1.54) is 0 Å². The summed E-state index contributed by atoms with van der Waals surface area (Å²) in [4.78, 5) is 11.9. The third-order valence-electron chi connectivity index (χ3n) is 2.85. The topological polar surface area (TPSA) is 82.2 Å². The van der Waals surface area contributed by atoms with Crippen molar-refractivity contribution >= 4 is 11.7 Å². The number of amides is 1. The minimum absolute atomic E-state index is 0.147. The average molecular weight is 238 g/mol. The molecule has 1 aliphatic heterocycles. The summed E-state index contributed by atoms with van der Waals surface area (Å²) in [6, 6.07) is 1.59. The van der Waals surface area contributed by atoms with Crippen molar-refractivity contribution in [3.05, 3.63) is 11.8 Å². The van der Waals surface area contributed by atoms with E-state index >= 15 is 0 Å². The minimum Gasteiger partial charge on any atom is -0.382 e. The molecule has 0 radical (unpaired) electrons. The fraction of sp³-hybridized carbons (Fsp3) is 0.636. The van der Waals surface area contributed by atoms with E-state index in [1.807, 2.05) is 6.92 Å². The van der Waals surface area contributed by atoms with Gasteiger partial charge in [0.2, 0.25) is 0 Å². The number of nitrogens with one attached hydrogen (secondary N) is 1. The SMILES string of the molecule is CCn1nc(N)cc1C(=O)NC[C@H]1CCCO1. The molecule has 1 atom stereocenters. The molecule has 2 heterocycles. The minimum atomic E-state index is -0.147. The molecule has 0 aliphatic carbocycles. The van der Waals surface area contributed by atoms with Crippen molar-refractivity contribution in [1.82, 2.24) is 15.1 Å². The summed E-state index contributed by atoms with van der Waals surface area (Å²) in [6.07, 6.45) is 2.23. The van der Waals surface area contributed by atoms with Crippen molar-refractivity contribution in [2.75, 3.05) is 18.9 Å². The van der Waals surface area contributed by atoms with E-state index in [1.54, 1.807) is 10.7 Å². The molecule has 0 bridgehead atoms. The second kappa shape index (κ2) is 5.18. The van der Waals surface area contributed by atoms with E-state index in [-0.39, 0.29) is 12.0 Å². The number of anilines is 1. The Morgan fingerprint density at radius 1 is 1.76 bits per heavy atom. The first-order valence-corrected chi connectivity index (χ1v) is 5.94. The van der Waals surface area contributed by atoms with Crippen molar-refractivity contribution in [3.8, 4) is 0 Å². The van der Waals surface area contributed by atoms with Gasteiger partial charge in [0.1, 0.15) is 11.5 Å². The number of hydrogen-bond acceptors (Lipinski definition) is 4. The lowest BCUT2D eigenvalue weighted by Gasteiger charge is -2.11. The van der Waals surface area contributed by atoms with Crippen LogP contribution in [0.15, 0.2) is 6.07 Å². The zero-order chi connectivity index (χ0) is 12.3. The molecule has 3 N–H and O–H groups in total. The highest BCUT2D eigenvalue weighted by atomic mass is 16.5. The largest absolute Gasteiger partial charge is 0.382 e. The normalized spacial score (nSPS) is 19.5. The van der Waals surface area contributed by atoms with Crippen LogP contribution in [-0.2, 0) is 11.3 Å². The molecule has 94 valence electrons. The fourth-order valence-corrected chi connectivity index (χ4v) is 1.96. The summed E-state index contributed by atoms with van der Waals surface area (Å²) < 4.78 is 7.04. The van der Waals surface area contributed by atoms with Crippen LogP contribution in [0.4, 0.5) is 5.82 Å². The van der Waals surface area contributed by atoms with Gasteiger partial charge in [0.05, 0.1) is 6.10 Å². The maximum Gasteiger partial charge on any atom is 0.269 e. The maximum absolute atomic E-state index is 11.9. The van der Waals surface area contributed by atoms with Gasteiger partial charge in [-0.1, -0.05) is 0 Å². The Morgan fingerprint density at radius 3 is 3.24 bits per heavy atom. The summed E-state index contributed by atoms with van der Waals surface area (Å²) >= 11 is 0. The Labute approximate surface area is 100 Å². The van der Waals surface area contributed by atoms with E-state index in [2.05, 4.69) is 10.4 Å². The van der Waals surface area contributed by atoms with Gasteiger partial charge < -0.3 is 15.8 Å². The number of aryl methyl sites for hydroxylation is 1. The lowest BCUT2D eigenvalue weighted by Crippen LogP contribution is -2.33. The Morgan fingerprint density at radius 2 is 2.59 bits per heavy atom. The molecule has 2 rings (SSSR count). The van der Waals surface area contributed by atoms with Gasteiger partial charge in [-0.05, 0) is 19.8 Å². The van der Waals surface area contributed by atoms with E-state index in [9.17, 15) is 4.79 Å². The standard InChI is InChI=1S/C11H18N4O2/c1-2-15-9(6-10(12)14-15)11(16)13-7-8-4-3-5-17-8/h6,8H,2-5,7H2,1H3,(H2,12,14)(H,13,16)/t8-/m1/s1. The molecule has 1 aliphatic rings. The molecule has 0 spiro atoms. The van der Waals surface area contributed by atoms with Gasteiger partial charge in [-0.2, -0.15) is 5.10 Å². The zero-order valence-corrected chi connectivity index (χ0v) is 9.98. The summed E-state index contributed by atoms with van der Waals surface area (Å²) in [6.45, 7) is 3.89. The van der Waals surface area contributed by atoms with Crippen LogP contribution in [0.3, 0.4) is 0 Å². The van der Waals surface area contributed by atoms with Gasteiger partial charge in [-0.15, -0.1) is 0 Å².